The molecule has 0 atom stereocenters. The van der Waals surface area contributed by atoms with Crippen molar-refractivity contribution in [2.45, 2.75) is 39.7 Å². The van der Waals surface area contributed by atoms with Crippen molar-refractivity contribution in [3.8, 4) is 11.1 Å². The Bertz CT molecular complexity index is 1170. The molecule has 0 fully saturated rings. The van der Waals surface area contributed by atoms with Crippen molar-refractivity contribution in [3.63, 3.8) is 0 Å². The third kappa shape index (κ3) is 3.63. The molecule has 0 saturated heterocycles. The molecule has 1 aromatic carbocycles. The summed E-state index contributed by atoms with van der Waals surface area (Å²) in [7, 11) is 0. The van der Waals surface area contributed by atoms with E-state index in [1.807, 2.05) is 36.0 Å². The first-order valence-corrected chi connectivity index (χ1v) is 9.46. The molecule has 4 rings (SSSR count). The average Bonchev–Trinajstić information content (AvgIpc) is 3.36. The second-order valence-electron chi connectivity index (χ2n) is 8.09. The topological polar surface area (TPSA) is 85.3 Å². The Balaban J connectivity index is 1.68. The van der Waals surface area contributed by atoms with Gasteiger partial charge < -0.3 is 9.84 Å². The summed E-state index contributed by atoms with van der Waals surface area (Å²) in [5.41, 5.74) is 6.66. The van der Waals surface area contributed by atoms with Gasteiger partial charge in [0.1, 0.15) is 0 Å². The van der Waals surface area contributed by atoms with Gasteiger partial charge in [-0.3, -0.25) is 4.79 Å². The van der Waals surface area contributed by atoms with Crippen molar-refractivity contribution in [1.82, 2.24) is 25.1 Å². The molecule has 0 bridgehead atoms. The number of fused-ring (bicyclic) bond motifs is 1. The molecule has 4 aromatic rings. The van der Waals surface area contributed by atoms with Gasteiger partial charge >= 0.3 is 11.8 Å². The van der Waals surface area contributed by atoms with Gasteiger partial charge in [-0.2, -0.15) is 10.1 Å². The summed E-state index contributed by atoms with van der Waals surface area (Å²) >= 11 is 0. The smallest absolute Gasteiger partial charge is 0.315 e. The molecule has 29 heavy (non-hydrogen) atoms. The highest BCUT2D eigenvalue weighted by atomic mass is 16.5. The lowest BCUT2D eigenvalue weighted by atomic mass is 9.82. The maximum Gasteiger partial charge on any atom is 0.315 e. The molecule has 1 amide bonds. The second kappa shape index (κ2) is 7.16. The molecule has 0 spiro atoms. The van der Waals surface area contributed by atoms with Gasteiger partial charge in [0.2, 0.25) is 0 Å². The number of hydrogen-bond donors (Lipinski definition) is 1. The normalized spacial score (nSPS) is 11.7. The third-order valence-electron chi connectivity index (χ3n) is 5.00. The van der Waals surface area contributed by atoms with E-state index in [-0.39, 0.29) is 17.2 Å². The van der Waals surface area contributed by atoms with Crippen LogP contribution in [0.4, 0.5) is 0 Å². The minimum absolute atomic E-state index is 0.0403. The van der Waals surface area contributed by atoms with Crippen LogP contribution in [0.5, 0.6) is 0 Å². The molecule has 7 heteroatoms. The Kier molecular flexibility index (Phi) is 4.66. The number of aryl methyl sites for hydroxylation is 1. The van der Waals surface area contributed by atoms with Gasteiger partial charge in [0.05, 0.1) is 11.7 Å². The first-order chi connectivity index (χ1) is 13.8. The highest BCUT2D eigenvalue weighted by molar-refractivity contribution is 5.89. The van der Waals surface area contributed by atoms with E-state index >= 15 is 0 Å². The summed E-state index contributed by atoms with van der Waals surface area (Å²) in [6, 6.07) is 10.4. The zero-order chi connectivity index (χ0) is 20.6. The van der Waals surface area contributed by atoms with Crippen LogP contribution in [0.2, 0.25) is 0 Å². The van der Waals surface area contributed by atoms with Crippen molar-refractivity contribution < 1.29 is 9.32 Å². The number of carbonyl (C=O) groups excluding carboxylic acids is 1. The lowest BCUT2D eigenvalue weighted by Crippen LogP contribution is -2.23. The molecular formula is C22H23N5O2. The van der Waals surface area contributed by atoms with Gasteiger partial charge in [-0.05, 0) is 46.7 Å². The largest absolute Gasteiger partial charge is 0.344 e. The molecule has 7 nitrogen and oxygen atoms in total. The standard InChI is InChI=1S/C22H23N5O2/c1-14-10-15(7-8-16(14)11-23-20(28)21-24-13-26-29-21)19-17(22(2,3)4)12-25-27-9-5-6-18(19)27/h5-10,12-13H,11H2,1-4H3,(H,23,28). The van der Waals surface area contributed by atoms with Crippen LogP contribution < -0.4 is 5.32 Å². The van der Waals surface area contributed by atoms with Gasteiger partial charge in [-0.25, -0.2) is 4.52 Å². The average molecular weight is 389 g/mol. The maximum absolute atomic E-state index is 12.0. The fraction of sp³-hybridized carbons (Fsp3) is 0.273. The van der Waals surface area contributed by atoms with E-state index in [0.29, 0.717) is 6.54 Å². The van der Waals surface area contributed by atoms with Crippen LogP contribution in [0.15, 0.2) is 53.6 Å². The van der Waals surface area contributed by atoms with Crippen LogP contribution in [0.1, 0.15) is 48.1 Å². The lowest BCUT2D eigenvalue weighted by Gasteiger charge is -2.24. The summed E-state index contributed by atoms with van der Waals surface area (Å²) in [5, 5.41) is 10.8. The number of carbonyl (C=O) groups is 1. The summed E-state index contributed by atoms with van der Waals surface area (Å²) < 4.78 is 6.69. The van der Waals surface area contributed by atoms with Crippen LogP contribution in [0, 0.1) is 6.92 Å². The first kappa shape index (κ1) is 18.9. The SMILES string of the molecule is Cc1cc(-c2c(C(C)(C)C)cnn3cccc23)ccc1CNC(=O)c1ncno1. The third-order valence-corrected chi connectivity index (χ3v) is 5.00. The van der Waals surface area contributed by atoms with Crippen molar-refractivity contribution in [1.29, 1.82) is 0 Å². The zero-order valence-corrected chi connectivity index (χ0v) is 16.9. The highest BCUT2D eigenvalue weighted by Crippen LogP contribution is 2.36. The van der Waals surface area contributed by atoms with Gasteiger partial charge in [0, 0.05) is 18.3 Å². The molecule has 1 N–H and O–H groups in total. The highest BCUT2D eigenvalue weighted by Gasteiger charge is 2.22. The molecule has 0 radical (unpaired) electrons. The van der Waals surface area contributed by atoms with Gasteiger partial charge in [-0.1, -0.05) is 44.1 Å². The lowest BCUT2D eigenvalue weighted by molar-refractivity contribution is 0.0907. The first-order valence-electron chi connectivity index (χ1n) is 9.46. The van der Waals surface area contributed by atoms with E-state index in [9.17, 15) is 4.79 Å². The quantitative estimate of drug-likeness (QED) is 0.572. The molecule has 0 aliphatic carbocycles. The fourth-order valence-electron chi connectivity index (χ4n) is 3.44. The predicted octanol–water partition coefficient (Wildman–Crippen LogP) is 3.92. The Morgan fingerprint density at radius 2 is 2.07 bits per heavy atom. The van der Waals surface area contributed by atoms with Gasteiger partial charge in [-0.15, -0.1) is 0 Å². The molecule has 3 heterocycles. The van der Waals surface area contributed by atoms with E-state index in [1.165, 1.54) is 17.5 Å². The van der Waals surface area contributed by atoms with Crippen molar-refractivity contribution in [2.75, 3.05) is 0 Å². The van der Waals surface area contributed by atoms with Crippen molar-refractivity contribution in [3.05, 3.63) is 71.6 Å². The van der Waals surface area contributed by atoms with Crippen LogP contribution in [-0.2, 0) is 12.0 Å². The van der Waals surface area contributed by atoms with Crippen LogP contribution >= 0.6 is 0 Å². The summed E-state index contributed by atoms with van der Waals surface area (Å²) in [4.78, 5) is 15.8. The summed E-state index contributed by atoms with van der Waals surface area (Å²) in [6.07, 6.45) is 5.12. The van der Waals surface area contributed by atoms with Gasteiger partial charge in [0.15, 0.2) is 6.33 Å². The maximum atomic E-state index is 12.0. The van der Waals surface area contributed by atoms with E-state index < -0.39 is 0 Å². The van der Waals surface area contributed by atoms with Crippen LogP contribution in [0.25, 0.3) is 16.6 Å². The number of amides is 1. The zero-order valence-electron chi connectivity index (χ0n) is 16.9. The van der Waals surface area contributed by atoms with Crippen LogP contribution in [-0.4, -0.2) is 25.7 Å². The van der Waals surface area contributed by atoms with E-state index in [0.717, 1.165) is 22.2 Å². The molecular weight excluding hydrogens is 366 g/mol. The second-order valence-corrected chi connectivity index (χ2v) is 8.09. The number of rotatable bonds is 4. The molecule has 0 aliphatic rings. The Morgan fingerprint density at radius 1 is 1.24 bits per heavy atom. The fourth-order valence-corrected chi connectivity index (χ4v) is 3.44. The van der Waals surface area contributed by atoms with Gasteiger partial charge in [0.25, 0.3) is 0 Å². The minimum Gasteiger partial charge on any atom is -0.344 e. The monoisotopic (exact) mass is 389 g/mol. The molecule has 0 aliphatic heterocycles. The van der Waals surface area contributed by atoms with Crippen LogP contribution in [0.3, 0.4) is 0 Å². The Morgan fingerprint density at radius 3 is 2.76 bits per heavy atom. The van der Waals surface area contributed by atoms with E-state index in [4.69, 9.17) is 4.52 Å². The molecule has 148 valence electrons. The Hall–Kier alpha value is -3.48. The van der Waals surface area contributed by atoms with Crippen molar-refractivity contribution in [2.24, 2.45) is 0 Å². The number of benzene rings is 1. The summed E-state index contributed by atoms with van der Waals surface area (Å²) in [6.45, 7) is 9.02. The number of hydrogen-bond acceptors (Lipinski definition) is 5. The number of nitrogens with one attached hydrogen (secondary N) is 1. The molecule has 0 unspecified atom stereocenters. The van der Waals surface area contributed by atoms with Crippen molar-refractivity contribution >= 4 is 11.4 Å². The molecule has 0 saturated carbocycles. The summed E-state index contributed by atoms with van der Waals surface area (Å²) in [5.74, 6) is -0.425. The predicted molar refractivity (Wildman–Crippen MR) is 110 cm³/mol. The van der Waals surface area contributed by atoms with E-state index in [1.54, 1.807) is 0 Å². The molecule has 3 aromatic heterocycles. The van der Waals surface area contributed by atoms with E-state index in [2.05, 4.69) is 59.5 Å². The Labute approximate surface area is 168 Å². The number of nitrogens with zero attached hydrogens (tertiary/aromatic N) is 4. The number of aromatic nitrogens is 4. The minimum atomic E-state index is -0.384.